The Morgan fingerprint density at radius 2 is 2.00 bits per heavy atom. The lowest BCUT2D eigenvalue weighted by molar-refractivity contribution is -0.153. The fraction of sp³-hybridized carbons (Fsp3) is 0.385. The highest BCUT2D eigenvalue weighted by Crippen LogP contribution is 2.18. The van der Waals surface area contributed by atoms with Crippen molar-refractivity contribution in [2.45, 2.75) is 25.9 Å². The Balaban J connectivity index is 2.25. The van der Waals surface area contributed by atoms with Crippen LogP contribution < -0.4 is 5.32 Å². The highest BCUT2D eigenvalue weighted by molar-refractivity contribution is 6.02. The molecular weight excluding hydrogens is 254 g/mol. The van der Waals surface area contributed by atoms with E-state index in [-0.39, 0.29) is 18.7 Å². The van der Waals surface area contributed by atoms with Crippen molar-refractivity contribution < 1.29 is 18.4 Å². The Morgan fingerprint density at radius 1 is 1.32 bits per heavy atom. The van der Waals surface area contributed by atoms with Crippen LogP contribution in [0.15, 0.2) is 18.2 Å². The molecule has 1 fully saturated rings. The van der Waals surface area contributed by atoms with E-state index >= 15 is 0 Å². The summed E-state index contributed by atoms with van der Waals surface area (Å²) in [4.78, 5) is 24.8. The van der Waals surface area contributed by atoms with Crippen LogP contribution in [0.2, 0.25) is 0 Å². The van der Waals surface area contributed by atoms with Crippen LogP contribution in [0.25, 0.3) is 0 Å². The number of benzene rings is 1. The van der Waals surface area contributed by atoms with Crippen LogP contribution in [0.3, 0.4) is 0 Å². The average molecular weight is 268 g/mol. The lowest BCUT2D eigenvalue weighted by Gasteiger charge is -2.36. The SMILES string of the molecule is CC1(C)NCC(=O)N(Cc2ccc(F)cc2F)C1=O. The van der Waals surface area contributed by atoms with Crippen LogP contribution in [0.5, 0.6) is 0 Å². The molecule has 0 spiro atoms. The van der Waals surface area contributed by atoms with Crippen molar-refractivity contribution in [3.8, 4) is 0 Å². The second-order valence-electron chi connectivity index (χ2n) is 5.00. The van der Waals surface area contributed by atoms with E-state index in [1.807, 2.05) is 0 Å². The first-order chi connectivity index (χ1) is 8.81. The molecule has 0 bridgehead atoms. The summed E-state index contributed by atoms with van der Waals surface area (Å²) in [6.07, 6.45) is 0. The number of carbonyl (C=O) groups excluding carboxylic acids is 2. The molecule has 6 heteroatoms. The lowest BCUT2D eigenvalue weighted by atomic mass is 10.00. The monoisotopic (exact) mass is 268 g/mol. The van der Waals surface area contributed by atoms with Crippen LogP contribution in [0.4, 0.5) is 8.78 Å². The summed E-state index contributed by atoms with van der Waals surface area (Å²) < 4.78 is 26.4. The summed E-state index contributed by atoms with van der Waals surface area (Å²) in [6, 6.07) is 3.07. The predicted molar refractivity (Wildman–Crippen MR) is 64.0 cm³/mol. The average Bonchev–Trinajstić information content (AvgIpc) is 2.33. The third kappa shape index (κ3) is 2.63. The molecule has 1 saturated heterocycles. The molecule has 1 N–H and O–H groups in total. The van der Waals surface area contributed by atoms with Gasteiger partial charge in [-0.15, -0.1) is 0 Å². The molecule has 0 unspecified atom stereocenters. The molecule has 19 heavy (non-hydrogen) atoms. The van der Waals surface area contributed by atoms with Crippen molar-refractivity contribution >= 4 is 11.8 Å². The third-order valence-electron chi connectivity index (χ3n) is 3.11. The normalized spacial score (nSPS) is 18.8. The minimum Gasteiger partial charge on any atom is -0.295 e. The first-order valence-corrected chi connectivity index (χ1v) is 5.85. The maximum absolute atomic E-state index is 13.5. The first-order valence-electron chi connectivity index (χ1n) is 5.85. The lowest BCUT2D eigenvalue weighted by Crippen LogP contribution is -2.63. The van der Waals surface area contributed by atoms with E-state index < -0.39 is 29.0 Å². The van der Waals surface area contributed by atoms with E-state index in [9.17, 15) is 18.4 Å². The number of nitrogens with one attached hydrogen (secondary N) is 1. The van der Waals surface area contributed by atoms with Gasteiger partial charge < -0.3 is 0 Å². The number of rotatable bonds is 2. The van der Waals surface area contributed by atoms with Gasteiger partial charge in [-0.1, -0.05) is 6.07 Å². The minimum atomic E-state index is -0.871. The highest BCUT2D eigenvalue weighted by Gasteiger charge is 2.39. The van der Waals surface area contributed by atoms with E-state index in [1.54, 1.807) is 13.8 Å². The molecule has 2 rings (SSSR count). The quantitative estimate of drug-likeness (QED) is 0.820. The molecule has 0 radical (unpaired) electrons. The minimum absolute atomic E-state index is 0.0154. The van der Waals surface area contributed by atoms with Gasteiger partial charge in [-0.2, -0.15) is 0 Å². The number of hydrogen-bond acceptors (Lipinski definition) is 3. The van der Waals surface area contributed by atoms with E-state index in [4.69, 9.17) is 0 Å². The van der Waals surface area contributed by atoms with E-state index in [2.05, 4.69) is 5.32 Å². The molecule has 1 aromatic carbocycles. The molecule has 0 saturated carbocycles. The van der Waals surface area contributed by atoms with Gasteiger partial charge in [0, 0.05) is 11.6 Å². The number of carbonyl (C=O) groups is 2. The van der Waals surface area contributed by atoms with Gasteiger partial charge in [-0.3, -0.25) is 19.8 Å². The number of imide groups is 1. The number of piperazine rings is 1. The van der Waals surface area contributed by atoms with Crippen molar-refractivity contribution in [3.63, 3.8) is 0 Å². The molecule has 1 aliphatic rings. The van der Waals surface area contributed by atoms with Crippen LogP contribution in [0.1, 0.15) is 19.4 Å². The van der Waals surface area contributed by atoms with Gasteiger partial charge in [0.2, 0.25) is 11.8 Å². The smallest absolute Gasteiger partial charge is 0.249 e. The van der Waals surface area contributed by atoms with Gasteiger partial charge in [0.1, 0.15) is 11.6 Å². The molecule has 1 aliphatic heterocycles. The summed E-state index contributed by atoms with van der Waals surface area (Å²) in [6.45, 7) is 3.13. The predicted octanol–water partition coefficient (Wildman–Crippen LogP) is 1.20. The van der Waals surface area contributed by atoms with Crippen LogP contribution in [-0.4, -0.2) is 28.8 Å². The van der Waals surface area contributed by atoms with Crippen LogP contribution in [0, 0.1) is 11.6 Å². The number of amides is 2. The molecule has 2 amide bonds. The topological polar surface area (TPSA) is 49.4 Å². The van der Waals surface area contributed by atoms with Gasteiger partial charge >= 0.3 is 0 Å². The molecule has 1 heterocycles. The molecule has 0 atom stereocenters. The molecule has 102 valence electrons. The largest absolute Gasteiger partial charge is 0.295 e. The number of hydrogen-bond donors (Lipinski definition) is 1. The Kier molecular flexibility index (Phi) is 3.36. The zero-order chi connectivity index (χ0) is 14.2. The summed E-state index contributed by atoms with van der Waals surface area (Å²) >= 11 is 0. The fourth-order valence-corrected chi connectivity index (χ4v) is 1.90. The Morgan fingerprint density at radius 3 is 2.63 bits per heavy atom. The number of nitrogens with zero attached hydrogens (tertiary/aromatic N) is 1. The molecule has 4 nitrogen and oxygen atoms in total. The summed E-state index contributed by atoms with van der Waals surface area (Å²) in [7, 11) is 0. The zero-order valence-electron chi connectivity index (χ0n) is 10.7. The van der Waals surface area contributed by atoms with Gasteiger partial charge in [0.15, 0.2) is 0 Å². The Labute approximate surface area is 109 Å². The molecule has 1 aromatic rings. The number of halogens is 2. The maximum Gasteiger partial charge on any atom is 0.249 e. The third-order valence-corrected chi connectivity index (χ3v) is 3.11. The van der Waals surface area contributed by atoms with Crippen molar-refractivity contribution in [2.24, 2.45) is 0 Å². The van der Waals surface area contributed by atoms with Gasteiger partial charge in [-0.25, -0.2) is 8.78 Å². The maximum atomic E-state index is 13.5. The summed E-state index contributed by atoms with van der Waals surface area (Å²) in [5, 5.41) is 2.80. The van der Waals surface area contributed by atoms with Crippen molar-refractivity contribution in [1.82, 2.24) is 10.2 Å². The van der Waals surface area contributed by atoms with Crippen molar-refractivity contribution in [3.05, 3.63) is 35.4 Å². The van der Waals surface area contributed by atoms with Crippen LogP contribution in [-0.2, 0) is 16.1 Å². The molecule has 0 aromatic heterocycles. The van der Waals surface area contributed by atoms with E-state index in [1.165, 1.54) is 6.07 Å². The zero-order valence-corrected chi connectivity index (χ0v) is 10.7. The fourth-order valence-electron chi connectivity index (χ4n) is 1.90. The standard InChI is InChI=1S/C13H14F2N2O2/c1-13(2)12(19)17(11(18)6-16-13)7-8-3-4-9(14)5-10(8)15/h3-5,16H,6-7H2,1-2H3. The van der Waals surface area contributed by atoms with Gasteiger partial charge in [0.25, 0.3) is 0 Å². The second-order valence-corrected chi connectivity index (χ2v) is 5.00. The van der Waals surface area contributed by atoms with E-state index in [0.29, 0.717) is 0 Å². The first kappa shape index (κ1) is 13.6. The highest BCUT2D eigenvalue weighted by atomic mass is 19.1. The summed E-state index contributed by atoms with van der Waals surface area (Å²) in [5.41, 5.74) is -0.759. The molecular formula is C13H14F2N2O2. The van der Waals surface area contributed by atoms with E-state index in [0.717, 1.165) is 17.0 Å². The Hall–Kier alpha value is -1.82. The van der Waals surface area contributed by atoms with Gasteiger partial charge in [-0.05, 0) is 19.9 Å². The Bertz CT molecular complexity index is 543. The van der Waals surface area contributed by atoms with Crippen molar-refractivity contribution in [2.75, 3.05) is 6.54 Å². The van der Waals surface area contributed by atoms with Crippen LogP contribution >= 0.6 is 0 Å². The summed E-state index contributed by atoms with van der Waals surface area (Å²) in [5.74, 6) is -2.31. The second kappa shape index (κ2) is 4.70. The van der Waals surface area contributed by atoms with Gasteiger partial charge in [0.05, 0.1) is 18.6 Å². The van der Waals surface area contributed by atoms with Crippen molar-refractivity contribution in [1.29, 1.82) is 0 Å². The molecule has 0 aliphatic carbocycles.